The molecule has 0 aromatic heterocycles. The Labute approximate surface area is 161 Å². The molecular formula is C20H34N4OS. The van der Waals surface area contributed by atoms with Crippen molar-refractivity contribution >= 4 is 16.8 Å². The molecule has 0 saturated carbocycles. The van der Waals surface area contributed by atoms with E-state index in [4.69, 9.17) is 0 Å². The van der Waals surface area contributed by atoms with Gasteiger partial charge in [-0.3, -0.25) is 9.20 Å². The highest BCUT2D eigenvalue weighted by atomic mass is 32.2. The van der Waals surface area contributed by atoms with Crippen LogP contribution in [0.15, 0.2) is 35.3 Å². The summed E-state index contributed by atoms with van der Waals surface area (Å²) in [4.78, 5) is 6.84. The van der Waals surface area contributed by atoms with Crippen molar-refractivity contribution in [2.45, 2.75) is 44.4 Å². The molecule has 6 heteroatoms. The number of nitrogens with one attached hydrogen (secondary N) is 2. The average Bonchev–Trinajstić information content (AvgIpc) is 2.65. The van der Waals surface area contributed by atoms with Crippen LogP contribution in [0.3, 0.4) is 0 Å². The Morgan fingerprint density at radius 3 is 2.73 bits per heavy atom. The fourth-order valence-electron chi connectivity index (χ4n) is 3.31. The van der Waals surface area contributed by atoms with Gasteiger partial charge in [0.1, 0.15) is 0 Å². The van der Waals surface area contributed by atoms with Crippen LogP contribution in [0, 0.1) is 0 Å². The Hall–Kier alpha value is -1.40. The molecule has 1 aliphatic heterocycles. The number of hydrogen-bond acceptors (Lipinski definition) is 3. The minimum absolute atomic E-state index is 0.614. The first-order valence-electron chi connectivity index (χ1n) is 9.76. The van der Waals surface area contributed by atoms with E-state index in [0.29, 0.717) is 18.1 Å². The van der Waals surface area contributed by atoms with Gasteiger partial charge in [0.05, 0.1) is 0 Å². The molecule has 2 atom stereocenters. The van der Waals surface area contributed by atoms with Gasteiger partial charge in [0.2, 0.25) is 0 Å². The normalized spacial score (nSPS) is 19.9. The Bertz CT molecular complexity index is 564. The zero-order chi connectivity index (χ0) is 18.6. The summed E-state index contributed by atoms with van der Waals surface area (Å²) in [5.74, 6) is 2.04. The number of aliphatic imine (C=N–C) groups is 1. The van der Waals surface area contributed by atoms with Gasteiger partial charge in [-0.25, -0.2) is 0 Å². The largest absolute Gasteiger partial charge is 0.356 e. The van der Waals surface area contributed by atoms with Gasteiger partial charge in [0, 0.05) is 55.0 Å². The van der Waals surface area contributed by atoms with Crippen molar-refractivity contribution in [3.05, 3.63) is 35.9 Å². The van der Waals surface area contributed by atoms with Crippen LogP contribution in [0.25, 0.3) is 0 Å². The number of guanidine groups is 1. The van der Waals surface area contributed by atoms with Gasteiger partial charge < -0.3 is 15.5 Å². The monoisotopic (exact) mass is 378 g/mol. The lowest BCUT2D eigenvalue weighted by molar-refractivity contribution is 0.159. The maximum Gasteiger partial charge on any atom is 0.191 e. The van der Waals surface area contributed by atoms with Gasteiger partial charge in [-0.1, -0.05) is 36.8 Å². The topological polar surface area (TPSA) is 56.7 Å². The first-order chi connectivity index (χ1) is 12.7. The molecule has 1 fully saturated rings. The Morgan fingerprint density at radius 2 is 2.00 bits per heavy atom. The molecule has 0 spiro atoms. The first kappa shape index (κ1) is 20.9. The molecule has 2 unspecified atom stereocenters. The lowest BCUT2D eigenvalue weighted by atomic mass is 10.0. The molecule has 5 nitrogen and oxygen atoms in total. The molecule has 0 bridgehead atoms. The molecular weight excluding hydrogens is 344 g/mol. The first-order valence-corrected chi connectivity index (χ1v) is 11.3. The van der Waals surface area contributed by atoms with Crippen molar-refractivity contribution in [2.75, 3.05) is 39.0 Å². The van der Waals surface area contributed by atoms with Gasteiger partial charge in [0.25, 0.3) is 0 Å². The van der Waals surface area contributed by atoms with Gasteiger partial charge in [0.15, 0.2) is 5.96 Å². The maximum absolute atomic E-state index is 12.2. The molecule has 1 heterocycles. The molecule has 146 valence electrons. The zero-order valence-corrected chi connectivity index (χ0v) is 17.1. The third-order valence-corrected chi connectivity index (χ3v) is 6.19. The number of nitrogens with zero attached hydrogens (tertiary/aromatic N) is 2. The van der Waals surface area contributed by atoms with E-state index in [2.05, 4.69) is 27.4 Å². The van der Waals surface area contributed by atoms with E-state index in [0.717, 1.165) is 37.1 Å². The van der Waals surface area contributed by atoms with Crippen LogP contribution in [-0.4, -0.2) is 60.1 Å². The summed E-state index contributed by atoms with van der Waals surface area (Å²) in [6.07, 6.45) is 5.15. The predicted molar refractivity (Wildman–Crippen MR) is 112 cm³/mol. The summed E-state index contributed by atoms with van der Waals surface area (Å²) in [6, 6.07) is 10.7. The van der Waals surface area contributed by atoms with Crippen molar-refractivity contribution in [3.63, 3.8) is 0 Å². The molecule has 0 aliphatic carbocycles. The van der Waals surface area contributed by atoms with Gasteiger partial charge in [-0.15, -0.1) is 0 Å². The van der Waals surface area contributed by atoms with Crippen molar-refractivity contribution in [2.24, 2.45) is 4.99 Å². The van der Waals surface area contributed by atoms with E-state index in [-0.39, 0.29) is 0 Å². The summed E-state index contributed by atoms with van der Waals surface area (Å²) in [5, 5.41) is 6.63. The summed E-state index contributed by atoms with van der Waals surface area (Å²) < 4.78 is 12.2. The second-order valence-corrected chi connectivity index (χ2v) is 8.51. The van der Waals surface area contributed by atoms with Crippen LogP contribution in [0.1, 0.15) is 38.2 Å². The van der Waals surface area contributed by atoms with Crippen LogP contribution < -0.4 is 10.6 Å². The second kappa shape index (κ2) is 12.1. The molecule has 0 radical (unpaired) electrons. The SMILES string of the molecule is CN=C(NCCCN1CCCCC1C)NCCS(=O)Cc1ccccc1. The van der Waals surface area contributed by atoms with Crippen LogP contribution >= 0.6 is 0 Å². The van der Waals surface area contributed by atoms with E-state index < -0.39 is 10.8 Å². The summed E-state index contributed by atoms with van der Waals surface area (Å²) in [6.45, 7) is 6.30. The molecule has 0 amide bonds. The van der Waals surface area contributed by atoms with Crippen molar-refractivity contribution in [1.29, 1.82) is 0 Å². The number of piperidine rings is 1. The summed E-state index contributed by atoms with van der Waals surface area (Å²) in [7, 11) is 0.925. The number of likely N-dealkylation sites (tertiary alicyclic amines) is 1. The zero-order valence-electron chi connectivity index (χ0n) is 16.2. The Morgan fingerprint density at radius 1 is 1.23 bits per heavy atom. The summed E-state index contributed by atoms with van der Waals surface area (Å²) in [5.41, 5.74) is 1.13. The third-order valence-electron chi connectivity index (χ3n) is 4.87. The van der Waals surface area contributed by atoms with E-state index in [9.17, 15) is 4.21 Å². The molecule has 1 aromatic rings. The van der Waals surface area contributed by atoms with Crippen LogP contribution in [0.4, 0.5) is 0 Å². The van der Waals surface area contributed by atoms with Crippen LogP contribution in [0.5, 0.6) is 0 Å². The second-order valence-electron chi connectivity index (χ2n) is 6.93. The number of hydrogen-bond donors (Lipinski definition) is 2. The van der Waals surface area contributed by atoms with E-state index in [1.165, 1.54) is 25.8 Å². The molecule has 2 N–H and O–H groups in total. The Balaban J connectivity index is 1.56. The minimum Gasteiger partial charge on any atom is -0.356 e. The van der Waals surface area contributed by atoms with Gasteiger partial charge in [-0.05, 0) is 38.3 Å². The number of rotatable bonds is 9. The van der Waals surface area contributed by atoms with Crippen LogP contribution in [0.2, 0.25) is 0 Å². The van der Waals surface area contributed by atoms with Crippen molar-refractivity contribution in [3.8, 4) is 0 Å². The minimum atomic E-state index is -0.856. The third kappa shape index (κ3) is 7.87. The molecule has 1 aromatic carbocycles. The van der Waals surface area contributed by atoms with E-state index >= 15 is 0 Å². The van der Waals surface area contributed by atoms with Gasteiger partial charge >= 0.3 is 0 Å². The highest BCUT2D eigenvalue weighted by Gasteiger charge is 2.17. The van der Waals surface area contributed by atoms with Crippen LogP contribution in [-0.2, 0) is 16.6 Å². The molecule has 26 heavy (non-hydrogen) atoms. The lowest BCUT2D eigenvalue weighted by Crippen LogP contribution is -2.42. The fraction of sp³-hybridized carbons (Fsp3) is 0.650. The lowest BCUT2D eigenvalue weighted by Gasteiger charge is -2.33. The highest BCUT2D eigenvalue weighted by molar-refractivity contribution is 7.84. The highest BCUT2D eigenvalue weighted by Crippen LogP contribution is 2.15. The van der Waals surface area contributed by atoms with Crippen molar-refractivity contribution < 1.29 is 4.21 Å². The van der Waals surface area contributed by atoms with Crippen molar-refractivity contribution in [1.82, 2.24) is 15.5 Å². The molecule has 2 rings (SSSR count). The molecule has 1 saturated heterocycles. The number of benzene rings is 1. The quantitative estimate of drug-likeness (QED) is 0.393. The molecule has 1 aliphatic rings. The summed E-state index contributed by atoms with van der Waals surface area (Å²) >= 11 is 0. The maximum atomic E-state index is 12.2. The predicted octanol–water partition coefficient (Wildman–Crippen LogP) is 2.36. The van der Waals surface area contributed by atoms with Gasteiger partial charge in [-0.2, -0.15) is 0 Å². The standard InChI is InChI=1S/C20H34N4OS/c1-18-9-6-7-14-24(18)15-8-12-22-20(21-2)23-13-16-26(25)17-19-10-4-3-5-11-19/h3-5,10-11,18H,6-9,12-17H2,1-2H3,(H2,21,22,23). The van der Waals surface area contributed by atoms with E-state index in [1.54, 1.807) is 7.05 Å². The Kier molecular flexibility index (Phi) is 9.71. The average molecular weight is 379 g/mol. The fourth-order valence-corrected chi connectivity index (χ4v) is 4.35. The smallest absolute Gasteiger partial charge is 0.191 e. The van der Waals surface area contributed by atoms with E-state index in [1.807, 2.05) is 30.3 Å².